The van der Waals surface area contributed by atoms with E-state index in [4.69, 9.17) is 0 Å². The van der Waals surface area contributed by atoms with Gasteiger partial charge >= 0.3 is 6.03 Å². The zero-order valence-corrected chi connectivity index (χ0v) is 23.5. The summed E-state index contributed by atoms with van der Waals surface area (Å²) in [6.07, 6.45) is -0.231. The molecule has 1 atom stereocenters. The standard InChI is InChI=1S/C34H34N4O4/c1-34(2,35-21-30(40)26-15-17-29(39)32-27(26)16-18-31(41)38-32)20-22-9-8-12-24(19-22)36-33(42)37-28-14-7-6-13-25(28)23-10-4-3-5-11-23/h3-19,30,35,39-40H,20-21H2,1-2H3,(H,38,41)(H2,36,37,42). The number of nitrogens with one attached hydrogen (secondary N) is 4. The summed E-state index contributed by atoms with van der Waals surface area (Å²) in [5.74, 6) is -0.0467. The molecule has 2 amide bonds. The van der Waals surface area contributed by atoms with Crippen molar-refractivity contribution in [3.8, 4) is 16.9 Å². The zero-order valence-electron chi connectivity index (χ0n) is 23.5. The lowest BCUT2D eigenvalue weighted by Crippen LogP contribution is -2.43. The van der Waals surface area contributed by atoms with Crippen LogP contribution < -0.4 is 21.5 Å². The van der Waals surface area contributed by atoms with Gasteiger partial charge in [0, 0.05) is 34.8 Å². The minimum Gasteiger partial charge on any atom is -0.506 e. The number of pyridine rings is 1. The fourth-order valence-electron chi connectivity index (χ4n) is 5.11. The average molecular weight is 563 g/mol. The van der Waals surface area contributed by atoms with E-state index in [2.05, 4.69) is 20.9 Å². The summed E-state index contributed by atoms with van der Waals surface area (Å²) in [4.78, 5) is 27.3. The minimum atomic E-state index is -0.867. The third-order valence-corrected chi connectivity index (χ3v) is 7.13. The number of aromatic amines is 1. The molecular weight excluding hydrogens is 528 g/mol. The van der Waals surface area contributed by atoms with E-state index in [0.29, 0.717) is 34.3 Å². The van der Waals surface area contributed by atoms with Crippen LogP contribution in [-0.2, 0) is 6.42 Å². The molecule has 1 heterocycles. The number of aliphatic hydroxyl groups excluding tert-OH is 1. The molecule has 5 rings (SSSR count). The van der Waals surface area contributed by atoms with Crippen molar-refractivity contribution in [2.45, 2.75) is 31.9 Å². The van der Waals surface area contributed by atoms with Gasteiger partial charge in [0.25, 0.3) is 0 Å². The number of hydrogen-bond acceptors (Lipinski definition) is 5. The van der Waals surface area contributed by atoms with Gasteiger partial charge in [-0.25, -0.2) is 4.79 Å². The van der Waals surface area contributed by atoms with Crippen molar-refractivity contribution >= 4 is 28.3 Å². The van der Waals surface area contributed by atoms with Crippen molar-refractivity contribution in [1.29, 1.82) is 0 Å². The van der Waals surface area contributed by atoms with Crippen molar-refractivity contribution in [3.63, 3.8) is 0 Å². The smallest absolute Gasteiger partial charge is 0.323 e. The zero-order chi connectivity index (χ0) is 29.7. The van der Waals surface area contributed by atoms with Crippen LogP contribution in [0.5, 0.6) is 5.75 Å². The average Bonchev–Trinajstić information content (AvgIpc) is 2.97. The van der Waals surface area contributed by atoms with E-state index in [-0.39, 0.29) is 23.9 Å². The van der Waals surface area contributed by atoms with Crippen molar-refractivity contribution in [3.05, 3.63) is 125 Å². The Kier molecular flexibility index (Phi) is 8.38. The summed E-state index contributed by atoms with van der Waals surface area (Å²) in [6.45, 7) is 4.34. The van der Waals surface area contributed by atoms with E-state index in [1.54, 1.807) is 12.1 Å². The van der Waals surface area contributed by atoms with Gasteiger partial charge in [-0.15, -0.1) is 0 Å². The highest BCUT2D eigenvalue weighted by Crippen LogP contribution is 2.30. The largest absolute Gasteiger partial charge is 0.506 e. The van der Waals surface area contributed by atoms with E-state index in [1.807, 2.05) is 92.7 Å². The van der Waals surface area contributed by atoms with Crippen LogP contribution in [0.4, 0.5) is 16.2 Å². The summed E-state index contributed by atoms with van der Waals surface area (Å²) in [6, 6.07) is 31.0. The highest BCUT2D eigenvalue weighted by molar-refractivity contribution is 6.02. The molecule has 8 nitrogen and oxygen atoms in total. The molecule has 0 aliphatic heterocycles. The summed E-state index contributed by atoms with van der Waals surface area (Å²) in [5.41, 5.74) is 4.54. The van der Waals surface area contributed by atoms with Gasteiger partial charge in [0.2, 0.25) is 5.56 Å². The maximum absolute atomic E-state index is 12.9. The quantitative estimate of drug-likeness (QED) is 0.128. The van der Waals surface area contributed by atoms with Crippen LogP contribution in [0, 0.1) is 0 Å². The number of β-amino-alcohol motifs (C(OH)–C–C–N with tert-alkyl or cyclic N) is 1. The Balaban J connectivity index is 1.22. The third-order valence-electron chi connectivity index (χ3n) is 7.13. The first-order valence-electron chi connectivity index (χ1n) is 13.8. The number of H-pyrrole nitrogens is 1. The molecule has 0 radical (unpaired) electrons. The number of rotatable bonds is 9. The van der Waals surface area contributed by atoms with Crippen molar-refractivity contribution in [1.82, 2.24) is 10.3 Å². The highest BCUT2D eigenvalue weighted by atomic mass is 16.3. The predicted octanol–water partition coefficient (Wildman–Crippen LogP) is 6.19. The van der Waals surface area contributed by atoms with Crippen LogP contribution in [0.25, 0.3) is 22.0 Å². The minimum absolute atomic E-state index is 0.0467. The molecule has 0 fully saturated rings. The van der Waals surface area contributed by atoms with Crippen LogP contribution in [0.3, 0.4) is 0 Å². The summed E-state index contributed by atoms with van der Waals surface area (Å²) >= 11 is 0. The third kappa shape index (κ3) is 6.86. The Morgan fingerprint density at radius 1 is 0.881 bits per heavy atom. The first kappa shape index (κ1) is 28.6. The Morgan fingerprint density at radius 2 is 1.64 bits per heavy atom. The number of aliphatic hydroxyl groups is 1. The topological polar surface area (TPSA) is 126 Å². The monoisotopic (exact) mass is 562 g/mol. The number of urea groups is 1. The van der Waals surface area contributed by atoms with E-state index < -0.39 is 11.6 Å². The number of para-hydroxylation sites is 1. The molecule has 0 spiro atoms. The number of anilines is 2. The number of aromatic nitrogens is 1. The predicted molar refractivity (Wildman–Crippen MR) is 168 cm³/mol. The van der Waals surface area contributed by atoms with Crippen LogP contribution in [0.1, 0.15) is 31.1 Å². The van der Waals surface area contributed by atoms with Crippen LogP contribution in [0.2, 0.25) is 0 Å². The Labute approximate surface area is 244 Å². The van der Waals surface area contributed by atoms with Crippen molar-refractivity contribution < 1.29 is 15.0 Å². The lowest BCUT2D eigenvalue weighted by Gasteiger charge is -2.28. The Morgan fingerprint density at radius 3 is 2.45 bits per heavy atom. The second-order valence-corrected chi connectivity index (χ2v) is 10.9. The van der Waals surface area contributed by atoms with Gasteiger partial charge in [-0.3, -0.25) is 4.79 Å². The lowest BCUT2D eigenvalue weighted by atomic mass is 9.93. The molecule has 214 valence electrons. The van der Waals surface area contributed by atoms with Crippen LogP contribution in [-0.4, -0.2) is 33.3 Å². The molecule has 0 saturated heterocycles. The molecule has 5 aromatic rings. The lowest BCUT2D eigenvalue weighted by molar-refractivity contribution is 0.162. The maximum atomic E-state index is 12.9. The number of carbonyl (C=O) groups is 1. The normalized spacial score (nSPS) is 12.2. The molecule has 1 unspecified atom stereocenters. The number of phenols is 1. The number of hydrogen-bond donors (Lipinski definition) is 6. The number of amides is 2. The van der Waals surface area contributed by atoms with Gasteiger partial charge < -0.3 is 31.1 Å². The molecule has 6 N–H and O–H groups in total. The van der Waals surface area contributed by atoms with Gasteiger partial charge in [0.05, 0.1) is 17.3 Å². The van der Waals surface area contributed by atoms with E-state index in [0.717, 1.165) is 16.7 Å². The molecule has 1 aromatic heterocycles. The molecule has 0 aliphatic carbocycles. The van der Waals surface area contributed by atoms with Crippen molar-refractivity contribution in [2.24, 2.45) is 0 Å². The molecule has 0 bridgehead atoms. The first-order valence-corrected chi connectivity index (χ1v) is 13.8. The number of phenolic OH excluding ortho intramolecular Hbond substituents is 1. The molecular formula is C34H34N4O4. The molecule has 4 aromatic carbocycles. The second-order valence-electron chi connectivity index (χ2n) is 10.9. The SMILES string of the molecule is CC(C)(Cc1cccc(NC(=O)Nc2ccccc2-c2ccccc2)c1)NCC(O)c1ccc(O)c2[nH]c(=O)ccc12. The number of aromatic hydroxyl groups is 1. The van der Waals surface area contributed by atoms with E-state index in [1.165, 1.54) is 12.1 Å². The van der Waals surface area contributed by atoms with Gasteiger partial charge in [-0.05, 0) is 67.3 Å². The molecule has 42 heavy (non-hydrogen) atoms. The summed E-state index contributed by atoms with van der Waals surface area (Å²) in [7, 11) is 0. The fraction of sp³-hybridized carbons (Fsp3) is 0.176. The van der Waals surface area contributed by atoms with Gasteiger partial charge in [0.15, 0.2) is 0 Å². The Hall–Kier alpha value is -4.92. The van der Waals surface area contributed by atoms with Crippen LogP contribution in [0.15, 0.2) is 108 Å². The fourth-order valence-corrected chi connectivity index (χ4v) is 5.11. The van der Waals surface area contributed by atoms with Crippen LogP contribution >= 0.6 is 0 Å². The van der Waals surface area contributed by atoms with E-state index >= 15 is 0 Å². The molecule has 0 saturated carbocycles. The molecule has 0 aliphatic rings. The first-order chi connectivity index (χ1) is 20.2. The second kappa shape index (κ2) is 12.3. The highest BCUT2D eigenvalue weighted by Gasteiger charge is 2.21. The number of carbonyl (C=O) groups excluding carboxylic acids is 1. The number of fused-ring (bicyclic) bond motifs is 1. The number of benzene rings is 4. The van der Waals surface area contributed by atoms with E-state index in [9.17, 15) is 19.8 Å². The summed E-state index contributed by atoms with van der Waals surface area (Å²) in [5, 5.41) is 31.0. The van der Waals surface area contributed by atoms with Gasteiger partial charge in [-0.2, -0.15) is 0 Å². The summed E-state index contributed by atoms with van der Waals surface area (Å²) < 4.78 is 0. The maximum Gasteiger partial charge on any atom is 0.323 e. The molecule has 8 heteroatoms. The van der Waals surface area contributed by atoms with Crippen molar-refractivity contribution in [2.75, 3.05) is 17.2 Å². The Bertz CT molecular complexity index is 1770. The van der Waals surface area contributed by atoms with Gasteiger partial charge in [0.1, 0.15) is 5.75 Å². The van der Waals surface area contributed by atoms with Gasteiger partial charge in [-0.1, -0.05) is 66.7 Å².